The third-order valence-electron chi connectivity index (χ3n) is 6.13. The lowest BCUT2D eigenvalue weighted by molar-refractivity contribution is -0.119. The van der Waals surface area contributed by atoms with Crippen LogP contribution >= 0.6 is 22.9 Å². The number of primary amides is 1. The Kier molecular flexibility index (Phi) is 7.33. The van der Waals surface area contributed by atoms with Crippen LogP contribution in [0, 0.1) is 26.7 Å². The Balaban J connectivity index is 1.83. The van der Waals surface area contributed by atoms with Crippen LogP contribution in [-0.2, 0) is 17.9 Å². The first-order valence-corrected chi connectivity index (χ1v) is 12.7. The van der Waals surface area contributed by atoms with E-state index in [9.17, 15) is 18.4 Å². The molecule has 0 saturated carbocycles. The highest BCUT2D eigenvalue weighted by Gasteiger charge is 2.27. The Hall–Kier alpha value is -3.38. The molecule has 0 aliphatic heterocycles. The molecule has 0 bridgehead atoms. The van der Waals surface area contributed by atoms with Crippen LogP contribution in [0.4, 0.5) is 14.5 Å². The van der Waals surface area contributed by atoms with Crippen molar-refractivity contribution in [3.63, 3.8) is 0 Å². The van der Waals surface area contributed by atoms with E-state index in [1.54, 1.807) is 36.3 Å². The van der Waals surface area contributed by atoms with E-state index in [1.165, 1.54) is 6.07 Å². The highest BCUT2D eigenvalue weighted by Crippen LogP contribution is 2.43. The van der Waals surface area contributed by atoms with Crippen LogP contribution < -0.4 is 11.1 Å². The van der Waals surface area contributed by atoms with Gasteiger partial charge in [-0.3, -0.25) is 19.0 Å². The van der Waals surface area contributed by atoms with Gasteiger partial charge in [-0.1, -0.05) is 18.5 Å². The van der Waals surface area contributed by atoms with E-state index in [4.69, 9.17) is 17.3 Å². The molecule has 0 aliphatic rings. The molecule has 4 rings (SSSR count). The standard InChI is InChI=1S/C24H26ClF2N7O2S/c1-6-33-9-15(11(3)31-33)14-7-16(21(26)27)29-24-17(14)19(20(37-24)22(28)35)30-23(36)10(2)8-34-13(5)18(25)12(4)32-34/h7,9-10,21H,6,8H2,1-5H3,(H2,28,35)(H,30,36). The van der Waals surface area contributed by atoms with Crippen molar-refractivity contribution in [3.8, 4) is 11.1 Å². The average Bonchev–Trinajstić information content (AvgIpc) is 3.48. The summed E-state index contributed by atoms with van der Waals surface area (Å²) >= 11 is 7.09. The van der Waals surface area contributed by atoms with Gasteiger partial charge in [0.15, 0.2) is 0 Å². The number of thiophene rings is 1. The topological polar surface area (TPSA) is 121 Å². The number of nitrogens with one attached hydrogen (secondary N) is 1. The first-order chi connectivity index (χ1) is 17.4. The van der Waals surface area contributed by atoms with E-state index in [0.29, 0.717) is 39.5 Å². The number of alkyl halides is 2. The van der Waals surface area contributed by atoms with Crippen LogP contribution in [0.5, 0.6) is 0 Å². The zero-order chi connectivity index (χ0) is 27.2. The van der Waals surface area contributed by atoms with E-state index in [0.717, 1.165) is 17.0 Å². The van der Waals surface area contributed by atoms with Gasteiger partial charge in [-0.2, -0.15) is 10.2 Å². The lowest BCUT2D eigenvalue weighted by Crippen LogP contribution is -2.26. The minimum atomic E-state index is -2.84. The van der Waals surface area contributed by atoms with Crippen LogP contribution in [0.25, 0.3) is 21.3 Å². The number of amides is 2. The molecule has 0 radical (unpaired) electrons. The summed E-state index contributed by atoms with van der Waals surface area (Å²) < 4.78 is 30.8. The number of nitrogens with two attached hydrogens (primary N) is 1. The van der Waals surface area contributed by atoms with Crippen molar-refractivity contribution in [2.24, 2.45) is 11.7 Å². The second kappa shape index (κ2) is 10.2. The van der Waals surface area contributed by atoms with Crippen LogP contribution in [0.15, 0.2) is 12.3 Å². The number of rotatable bonds is 8. The molecule has 0 spiro atoms. The molecule has 4 aromatic rings. The molecular weight excluding hydrogens is 524 g/mol. The summed E-state index contributed by atoms with van der Waals surface area (Å²) in [5, 5.41) is 12.5. The van der Waals surface area contributed by atoms with E-state index in [2.05, 4.69) is 20.5 Å². The third-order valence-corrected chi connectivity index (χ3v) is 7.77. The van der Waals surface area contributed by atoms with E-state index in [1.807, 2.05) is 13.8 Å². The molecule has 3 N–H and O–H groups in total. The molecule has 9 nitrogen and oxygen atoms in total. The summed E-state index contributed by atoms with van der Waals surface area (Å²) in [4.78, 5) is 29.9. The Morgan fingerprint density at radius 2 is 1.89 bits per heavy atom. The molecule has 0 saturated heterocycles. The number of aryl methyl sites for hydroxylation is 3. The zero-order valence-electron chi connectivity index (χ0n) is 20.9. The van der Waals surface area contributed by atoms with Crippen molar-refractivity contribution in [2.45, 2.75) is 54.1 Å². The monoisotopic (exact) mass is 549 g/mol. The minimum Gasteiger partial charge on any atom is -0.365 e. The fourth-order valence-electron chi connectivity index (χ4n) is 4.12. The molecule has 0 aromatic carbocycles. The first-order valence-electron chi connectivity index (χ1n) is 11.5. The van der Waals surface area contributed by atoms with Gasteiger partial charge in [-0.15, -0.1) is 11.3 Å². The van der Waals surface area contributed by atoms with Gasteiger partial charge < -0.3 is 11.1 Å². The van der Waals surface area contributed by atoms with Crippen molar-refractivity contribution in [2.75, 3.05) is 5.32 Å². The molecule has 37 heavy (non-hydrogen) atoms. The number of carbonyl (C=O) groups is 2. The van der Waals surface area contributed by atoms with Crippen LogP contribution in [0.2, 0.25) is 5.02 Å². The molecule has 2 amide bonds. The van der Waals surface area contributed by atoms with Gasteiger partial charge in [0.25, 0.3) is 12.3 Å². The fourth-order valence-corrected chi connectivity index (χ4v) is 5.27. The quantitative estimate of drug-likeness (QED) is 0.310. The number of pyridine rings is 1. The predicted molar refractivity (Wildman–Crippen MR) is 139 cm³/mol. The number of halogens is 3. The predicted octanol–water partition coefficient (Wildman–Crippen LogP) is 5.27. The van der Waals surface area contributed by atoms with Crippen LogP contribution in [-0.4, -0.2) is 36.4 Å². The van der Waals surface area contributed by atoms with Crippen LogP contribution in [0.3, 0.4) is 0 Å². The van der Waals surface area contributed by atoms with Gasteiger partial charge in [-0.25, -0.2) is 13.8 Å². The van der Waals surface area contributed by atoms with Crippen molar-refractivity contribution < 1.29 is 18.4 Å². The molecule has 196 valence electrons. The Morgan fingerprint density at radius 3 is 2.43 bits per heavy atom. The average molecular weight is 550 g/mol. The highest BCUT2D eigenvalue weighted by atomic mass is 35.5. The molecular formula is C24H26ClF2N7O2S. The third kappa shape index (κ3) is 4.95. The van der Waals surface area contributed by atoms with Crippen molar-refractivity contribution in [3.05, 3.63) is 44.9 Å². The number of carbonyl (C=O) groups excluding carboxylic acids is 2. The number of hydrogen-bond acceptors (Lipinski definition) is 6. The van der Waals surface area contributed by atoms with Gasteiger partial charge in [0.05, 0.1) is 40.3 Å². The highest BCUT2D eigenvalue weighted by molar-refractivity contribution is 7.21. The molecule has 1 unspecified atom stereocenters. The number of nitrogens with zero attached hydrogens (tertiary/aromatic N) is 5. The SMILES string of the molecule is CCn1cc(-c2cc(C(F)F)nc3sc(C(N)=O)c(NC(=O)C(C)Cn4nc(C)c(Cl)c4C)c23)c(C)n1. The van der Waals surface area contributed by atoms with E-state index in [-0.39, 0.29) is 21.9 Å². The van der Waals surface area contributed by atoms with Gasteiger partial charge in [-0.05, 0) is 39.3 Å². The molecule has 0 fully saturated rings. The second-order valence-electron chi connectivity index (χ2n) is 8.79. The summed E-state index contributed by atoms with van der Waals surface area (Å²) in [6.45, 7) is 9.77. The number of fused-ring (bicyclic) bond motifs is 1. The summed E-state index contributed by atoms with van der Waals surface area (Å²) in [5.41, 5.74) is 8.29. The number of aromatic nitrogens is 5. The van der Waals surface area contributed by atoms with E-state index >= 15 is 0 Å². The van der Waals surface area contributed by atoms with Gasteiger partial charge >= 0.3 is 0 Å². The molecule has 1 atom stereocenters. The summed E-state index contributed by atoms with van der Waals surface area (Å²) in [6, 6.07) is 1.27. The lowest BCUT2D eigenvalue weighted by Gasteiger charge is -2.15. The fraction of sp³-hybridized carbons (Fsp3) is 0.375. The van der Waals surface area contributed by atoms with Crippen LogP contribution in [0.1, 0.15) is 52.7 Å². The van der Waals surface area contributed by atoms with Gasteiger partial charge in [0.1, 0.15) is 15.4 Å². The second-order valence-corrected chi connectivity index (χ2v) is 10.2. The minimum absolute atomic E-state index is 0.0189. The van der Waals surface area contributed by atoms with Gasteiger partial charge in [0, 0.05) is 23.7 Å². The molecule has 0 aliphatic carbocycles. The maximum Gasteiger partial charge on any atom is 0.280 e. The summed E-state index contributed by atoms with van der Waals surface area (Å²) in [6.07, 6.45) is -1.10. The van der Waals surface area contributed by atoms with Crippen molar-refractivity contribution >= 4 is 50.7 Å². The smallest absolute Gasteiger partial charge is 0.280 e. The first kappa shape index (κ1) is 26.7. The summed E-state index contributed by atoms with van der Waals surface area (Å²) in [5.74, 6) is -1.79. The Labute approximate surface area is 220 Å². The maximum absolute atomic E-state index is 13.8. The van der Waals surface area contributed by atoms with Gasteiger partial charge in [0.2, 0.25) is 5.91 Å². The normalized spacial score (nSPS) is 12.5. The number of anilines is 1. The molecule has 13 heteroatoms. The Bertz CT molecular complexity index is 1530. The Morgan fingerprint density at radius 1 is 1.19 bits per heavy atom. The molecule has 4 aromatic heterocycles. The van der Waals surface area contributed by atoms with Crippen molar-refractivity contribution in [1.29, 1.82) is 0 Å². The maximum atomic E-state index is 13.8. The molecule has 4 heterocycles. The van der Waals surface area contributed by atoms with E-state index < -0.39 is 29.9 Å². The largest absolute Gasteiger partial charge is 0.365 e. The lowest BCUT2D eigenvalue weighted by atomic mass is 10.0. The zero-order valence-corrected chi connectivity index (χ0v) is 22.5. The number of hydrogen-bond donors (Lipinski definition) is 2. The van der Waals surface area contributed by atoms with Crippen molar-refractivity contribution in [1.82, 2.24) is 24.5 Å². The summed E-state index contributed by atoms with van der Waals surface area (Å²) in [7, 11) is 0.